The van der Waals surface area contributed by atoms with Gasteiger partial charge in [-0.3, -0.25) is 0 Å². The third-order valence-electron chi connectivity index (χ3n) is 5.35. The Morgan fingerprint density at radius 2 is 2.00 bits per heavy atom. The Morgan fingerprint density at radius 1 is 1.30 bits per heavy atom. The molecule has 1 aliphatic rings. The molecular formula is C22H32O5. The van der Waals surface area contributed by atoms with Gasteiger partial charge in [0, 0.05) is 12.0 Å². The highest BCUT2D eigenvalue weighted by atomic mass is 16.6. The van der Waals surface area contributed by atoms with Gasteiger partial charge in [-0.2, -0.15) is 0 Å². The van der Waals surface area contributed by atoms with Crippen molar-refractivity contribution in [2.45, 2.75) is 84.3 Å². The van der Waals surface area contributed by atoms with Gasteiger partial charge in [0.15, 0.2) is 0 Å². The molecule has 1 aromatic rings. The molecule has 0 bridgehead atoms. The Kier molecular flexibility index (Phi) is 6.93. The van der Waals surface area contributed by atoms with E-state index >= 15 is 0 Å². The van der Waals surface area contributed by atoms with Crippen LogP contribution in [-0.2, 0) is 17.6 Å². The molecule has 1 saturated heterocycles. The molecule has 1 heterocycles. The van der Waals surface area contributed by atoms with Crippen molar-refractivity contribution in [3.05, 3.63) is 34.4 Å². The largest absolute Gasteiger partial charge is 0.508 e. The normalized spacial score (nSPS) is 21.1. The number of hydrogen-bond donors (Lipinski definition) is 3. The Balaban J connectivity index is 2.17. The maximum absolute atomic E-state index is 11.7. The van der Waals surface area contributed by atoms with Crippen LogP contribution < -0.4 is 0 Å². The first kappa shape index (κ1) is 21.3. The lowest BCUT2D eigenvalue weighted by atomic mass is 9.91. The summed E-state index contributed by atoms with van der Waals surface area (Å²) in [6, 6.07) is 1.50. The fourth-order valence-corrected chi connectivity index (χ4v) is 3.55. The Labute approximate surface area is 161 Å². The minimum atomic E-state index is -1.16. The third-order valence-corrected chi connectivity index (χ3v) is 5.35. The molecule has 0 radical (unpaired) electrons. The summed E-state index contributed by atoms with van der Waals surface area (Å²) in [5, 5.41) is 30.5. The van der Waals surface area contributed by atoms with E-state index in [0.717, 1.165) is 32.1 Å². The Morgan fingerprint density at radius 3 is 2.59 bits per heavy atom. The number of ether oxygens (including phenoxy) is 1. The van der Waals surface area contributed by atoms with Crippen molar-refractivity contribution in [2.75, 3.05) is 0 Å². The van der Waals surface area contributed by atoms with Crippen LogP contribution in [0.1, 0.15) is 81.3 Å². The maximum atomic E-state index is 11.7. The minimum absolute atomic E-state index is 0.0499. The molecule has 0 amide bonds. The van der Waals surface area contributed by atoms with E-state index in [9.17, 15) is 20.1 Å². The highest BCUT2D eigenvalue weighted by Gasteiger charge is 2.51. The molecule has 0 saturated carbocycles. The van der Waals surface area contributed by atoms with Crippen molar-refractivity contribution < 1.29 is 24.9 Å². The highest BCUT2D eigenvalue weighted by Crippen LogP contribution is 2.45. The van der Waals surface area contributed by atoms with E-state index in [2.05, 4.69) is 26.8 Å². The van der Waals surface area contributed by atoms with Crippen LogP contribution in [0.25, 0.3) is 0 Å². The van der Waals surface area contributed by atoms with Gasteiger partial charge < -0.3 is 20.1 Å². The van der Waals surface area contributed by atoms with Crippen molar-refractivity contribution in [3.8, 4) is 11.5 Å². The van der Waals surface area contributed by atoms with E-state index in [4.69, 9.17) is 4.74 Å². The molecule has 27 heavy (non-hydrogen) atoms. The number of aromatic carboxylic acids is 1. The minimum Gasteiger partial charge on any atom is -0.508 e. The first-order valence-corrected chi connectivity index (χ1v) is 9.80. The van der Waals surface area contributed by atoms with Crippen LogP contribution in [-0.4, -0.2) is 33.0 Å². The number of aryl methyl sites for hydroxylation is 1. The second-order valence-electron chi connectivity index (χ2n) is 7.96. The fourth-order valence-electron chi connectivity index (χ4n) is 3.55. The van der Waals surface area contributed by atoms with Gasteiger partial charge in [-0.05, 0) is 58.1 Å². The quantitative estimate of drug-likeness (QED) is 0.304. The average molecular weight is 376 g/mol. The van der Waals surface area contributed by atoms with Crippen molar-refractivity contribution in [1.82, 2.24) is 0 Å². The number of carboxylic acid groups (broad SMARTS) is 1. The average Bonchev–Trinajstić information content (AvgIpc) is 3.20. The number of unbranched alkanes of at least 4 members (excludes halogenated alkanes) is 2. The zero-order valence-electron chi connectivity index (χ0n) is 16.8. The van der Waals surface area contributed by atoms with Gasteiger partial charge in [0.05, 0.1) is 11.7 Å². The van der Waals surface area contributed by atoms with E-state index in [-0.39, 0.29) is 34.3 Å². The van der Waals surface area contributed by atoms with E-state index in [0.29, 0.717) is 18.4 Å². The van der Waals surface area contributed by atoms with Crippen LogP contribution in [0.15, 0.2) is 17.7 Å². The molecule has 0 spiro atoms. The summed E-state index contributed by atoms with van der Waals surface area (Å²) in [6.45, 7) is 8.19. The van der Waals surface area contributed by atoms with Gasteiger partial charge in [0.2, 0.25) is 0 Å². The Bertz CT molecular complexity index is 718. The number of aromatic hydroxyl groups is 2. The predicted octanol–water partition coefficient (Wildman–Crippen LogP) is 4.98. The summed E-state index contributed by atoms with van der Waals surface area (Å²) >= 11 is 0. The molecule has 5 heteroatoms. The zero-order chi connectivity index (χ0) is 20.2. The molecule has 150 valence electrons. The molecule has 2 unspecified atom stereocenters. The third kappa shape index (κ3) is 5.25. The first-order valence-electron chi connectivity index (χ1n) is 9.80. The van der Waals surface area contributed by atoms with Crippen molar-refractivity contribution in [1.29, 1.82) is 0 Å². The van der Waals surface area contributed by atoms with Gasteiger partial charge in [0.1, 0.15) is 17.1 Å². The molecule has 3 N–H and O–H groups in total. The maximum Gasteiger partial charge on any atom is 0.339 e. The van der Waals surface area contributed by atoms with Gasteiger partial charge in [-0.1, -0.05) is 31.4 Å². The number of allylic oxidation sites excluding steroid dienone is 2. The van der Waals surface area contributed by atoms with Crippen molar-refractivity contribution >= 4 is 5.97 Å². The van der Waals surface area contributed by atoms with Crippen molar-refractivity contribution in [3.63, 3.8) is 0 Å². The predicted molar refractivity (Wildman–Crippen MR) is 106 cm³/mol. The zero-order valence-corrected chi connectivity index (χ0v) is 16.8. The lowest BCUT2D eigenvalue weighted by Gasteiger charge is -2.14. The van der Waals surface area contributed by atoms with Crippen LogP contribution >= 0.6 is 0 Å². The molecule has 5 nitrogen and oxygen atoms in total. The second kappa shape index (κ2) is 8.79. The van der Waals surface area contributed by atoms with Crippen LogP contribution in [0.4, 0.5) is 0 Å². The van der Waals surface area contributed by atoms with Crippen LogP contribution in [0.5, 0.6) is 11.5 Å². The number of phenols is 2. The molecule has 2 atom stereocenters. The topological polar surface area (TPSA) is 90.3 Å². The summed E-state index contributed by atoms with van der Waals surface area (Å²) in [6.07, 6.45) is 7.43. The molecule has 0 aromatic heterocycles. The second-order valence-corrected chi connectivity index (χ2v) is 7.96. The molecular weight excluding hydrogens is 344 g/mol. The van der Waals surface area contributed by atoms with Gasteiger partial charge in [0.25, 0.3) is 0 Å². The smallest absolute Gasteiger partial charge is 0.339 e. The number of phenolic OH excluding ortho intramolecular Hbond substituents is 1. The summed E-state index contributed by atoms with van der Waals surface area (Å²) in [5.74, 6) is -1.54. The summed E-state index contributed by atoms with van der Waals surface area (Å²) in [5.41, 5.74) is 1.62. The van der Waals surface area contributed by atoms with Crippen LogP contribution in [0, 0.1) is 0 Å². The van der Waals surface area contributed by atoms with Crippen molar-refractivity contribution in [2.24, 2.45) is 0 Å². The van der Waals surface area contributed by atoms with Gasteiger partial charge in [-0.25, -0.2) is 4.79 Å². The number of hydrogen-bond acceptors (Lipinski definition) is 4. The summed E-state index contributed by atoms with van der Waals surface area (Å²) in [4.78, 5) is 11.7. The van der Waals surface area contributed by atoms with E-state index in [1.807, 2.05) is 6.92 Å². The molecule has 2 rings (SSSR count). The fraction of sp³-hybridized carbons (Fsp3) is 0.591. The highest BCUT2D eigenvalue weighted by molar-refractivity contribution is 5.93. The SMILES string of the molecule is CCCCCc1cc(O)c(CC2OC2(C)CCC=C(C)C)c(O)c1C(=O)O. The lowest BCUT2D eigenvalue weighted by molar-refractivity contribution is 0.0692. The number of carbonyl (C=O) groups is 1. The number of benzene rings is 1. The Hall–Kier alpha value is -2.01. The molecule has 1 fully saturated rings. The number of carboxylic acids is 1. The van der Waals surface area contributed by atoms with E-state index < -0.39 is 5.97 Å². The molecule has 1 aromatic carbocycles. The monoisotopic (exact) mass is 376 g/mol. The summed E-state index contributed by atoms with van der Waals surface area (Å²) in [7, 11) is 0. The van der Waals surface area contributed by atoms with E-state index in [1.165, 1.54) is 11.6 Å². The lowest BCUT2D eigenvalue weighted by Crippen LogP contribution is -2.13. The number of epoxide rings is 1. The van der Waals surface area contributed by atoms with Crippen LogP contribution in [0.2, 0.25) is 0 Å². The molecule has 0 aliphatic carbocycles. The first-order chi connectivity index (χ1) is 12.7. The number of rotatable bonds is 10. The van der Waals surface area contributed by atoms with Gasteiger partial charge in [-0.15, -0.1) is 0 Å². The summed E-state index contributed by atoms with van der Waals surface area (Å²) < 4.78 is 5.81. The standard InChI is InChI=1S/C22H32O5/c1-5-6-7-10-15-12-17(23)16(20(24)19(15)21(25)26)13-18-22(4,27-18)11-8-9-14(2)3/h9,12,18,23-24H,5-8,10-11,13H2,1-4H3,(H,25,26). The van der Waals surface area contributed by atoms with Crippen LogP contribution in [0.3, 0.4) is 0 Å². The van der Waals surface area contributed by atoms with Gasteiger partial charge >= 0.3 is 5.97 Å². The van der Waals surface area contributed by atoms with E-state index in [1.54, 1.807) is 0 Å². The molecule has 1 aliphatic heterocycles.